The van der Waals surface area contributed by atoms with Crippen molar-refractivity contribution in [2.75, 3.05) is 13.2 Å². The Labute approximate surface area is 108 Å². The van der Waals surface area contributed by atoms with Gasteiger partial charge in [0.25, 0.3) is 0 Å². The molecule has 0 aliphatic carbocycles. The Hall–Kier alpha value is -1.35. The number of aliphatic hydroxyl groups is 1. The van der Waals surface area contributed by atoms with Crippen molar-refractivity contribution < 1.29 is 9.90 Å². The molecule has 18 heavy (non-hydrogen) atoms. The maximum Gasteiger partial charge on any atom is 0.223 e. The zero-order chi connectivity index (χ0) is 13.1. The lowest BCUT2D eigenvalue weighted by atomic mass is 10.0. The first-order chi connectivity index (χ1) is 8.65. The second-order valence-corrected chi connectivity index (χ2v) is 5.07. The van der Waals surface area contributed by atoms with Crippen LogP contribution in [0.15, 0.2) is 24.3 Å². The fourth-order valence-electron chi connectivity index (χ4n) is 2.52. The van der Waals surface area contributed by atoms with E-state index < -0.39 is 0 Å². The molecule has 2 unspecified atom stereocenters. The minimum Gasteiger partial charge on any atom is -0.396 e. The van der Waals surface area contributed by atoms with E-state index in [9.17, 15) is 4.79 Å². The fraction of sp³-hybridized carbons (Fsp3) is 0.533. The fourth-order valence-corrected chi connectivity index (χ4v) is 2.52. The van der Waals surface area contributed by atoms with Crippen molar-refractivity contribution in [2.45, 2.75) is 32.7 Å². The molecule has 1 amide bonds. The molecule has 3 nitrogen and oxygen atoms in total. The van der Waals surface area contributed by atoms with E-state index in [1.807, 2.05) is 4.90 Å². The predicted octanol–water partition coefficient (Wildman–Crippen LogP) is 2.15. The van der Waals surface area contributed by atoms with Crippen LogP contribution < -0.4 is 0 Å². The zero-order valence-corrected chi connectivity index (χ0v) is 11.1. The van der Waals surface area contributed by atoms with Crippen molar-refractivity contribution >= 4 is 5.91 Å². The monoisotopic (exact) mass is 247 g/mol. The van der Waals surface area contributed by atoms with E-state index in [4.69, 9.17) is 5.11 Å². The number of amides is 1. The highest BCUT2D eigenvalue weighted by Crippen LogP contribution is 2.28. The number of hydrogen-bond donors (Lipinski definition) is 1. The number of carbonyl (C=O) groups is 1. The number of carbonyl (C=O) groups excluding carboxylic acids is 1. The molecule has 0 spiro atoms. The standard InChI is InChI=1S/C15H21NO2/c1-3-12-4-6-14(7-5-12)11(2)16-9-13(10-17)8-15(16)18/h4-7,11,13,17H,3,8-10H2,1-2H3. The Bertz CT molecular complexity index is 413. The first-order valence-corrected chi connectivity index (χ1v) is 6.64. The Kier molecular flexibility index (Phi) is 4.02. The summed E-state index contributed by atoms with van der Waals surface area (Å²) in [6, 6.07) is 8.54. The minimum absolute atomic E-state index is 0.0972. The molecule has 1 fully saturated rings. The van der Waals surface area contributed by atoms with Gasteiger partial charge in [-0.05, 0) is 24.5 Å². The van der Waals surface area contributed by atoms with E-state index in [1.165, 1.54) is 11.1 Å². The van der Waals surface area contributed by atoms with Crippen molar-refractivity contribution in [3.8, 4) is 0 Å². The predicted molar refractivity (Wildman–Crippen MR) is 71.1 cm³/mol. The summed E-state index contributed by atoms with van der Waals surface area (Å²) in [6.45, 7) is 4.96. The van der Waals surface area contributed by atoms with Crippen molar-refractivity contribution in [1.82, 2.24) is 4.90 Å². The SMILES string of the molecule is CCc1ccc(C(C)N2CC(CO)CC2=O)cc1. The normalized spacial score (nSPS) is 21.4. The third-order valence-corrected chi connectivity index (χ3v) is 3.83. The molecular weight excluding hydrogens is 226 g/mol. The maximum atomic E-state index is 11.9. The molecule has 1 N–H and O–H groups in total. The number of rotatable bonds is 4. The van der Waals surface area contributed by atoms with Gasteiger partial charge in [0, 0.05) is 25.5 Å². The highest BCUT2D eigenvalue weighted by Gasteiger charge is 2.32. The molecule has 0 bridgehead atoms. The summed E-state index contributed by atoms with van der Waals surface area (Å²) >= 11 is 0. The summed E-state index contributed by atoms with van der Waals surface area (Å²) < 4.78 is 0. The van der Waals surface area contributed by atoms with Crippen molar-refractivity contribution in [3.05, 3.63) is 35.4 Å². The molecule has 98 valence electrons. The smallest absolute Gasteiger partial charge is 0.223 e. The van der Waals surface area contributed by atoms with E-state index in [-0.39, 0.29) is 24.5 Å². The van der Waals surface area contributed by atoms with Gasteiger partial charge in [0.05, 0.1) is 6.04 Å². The second kappa shape index (κ2) is 5.53. The molecule has 1 aliphatic heterocycles. The van der Waals surface area contributed by atoms with Crippen LogP contribution in [0.3, 0.4) is 0 Å². The average Bonchev–Trinajstić information content (AvgIpc) is 2.79. The lowest BCUT2D eigenvalue weighted by Gasteiger charge is -2.25. The second-order valence-electron chi connectivity index (χ2n) is 5.07. The topological polar surface area (TPSA) is 40.5 Å². The van der Waals surface area contributed by atoms with Gasteiger partial charge in [0.15, 0.2) is 0 Å². The van der Waals surface area contributed by atoms with Crippen molar-refractivity contribution in [1.29, 1.82) is 0 Å². The Morgan fingerprint density at radius 3 is 2.56 bits per heavy atom. The van der Waals surface area contributed by atoms with Crippen LogP contribution in [-0.4, -0.2) is 29.1 Å². The van der Waals surface area contributed by atoms with Crippen LogP contribution in [0.25, 0.3) is 0 Å². The van der Waals surface area contributed by atoms with Gasteiger partial charge in [-0.3, -0.25) is 4.79 Å². The lowest BCUT2D eigenvalue weighted by molar-refractivity contribution is -0.129. The van der Waals surface area contributed by atoms with Gasteiger partial charge in [-0.25, -0.2) is 0 Å². The molecule has 3 heteroatoms. The van der Waals surface area contributed by atoms with E-state index in [1.54, 1.807) is 0 Å². The summed E-state index contributed by atoms with van der Waals surface area (Å²) in [4.78, 5) is 13.8. The number of hydrogen-bond acceptors (Lipinski definition) is 2. The van der Waals surface area contributed by atoms with E-state index in [0.717, 1.165) is 6.42 Å². The van der Waals surface area contributed by atoms with Gasteiger partial charge in [-0.15, -0.1) is 0 Å². The molecule has 1 aromatic carbocycles. The van der Waals surface area contributed by atoms with Crippen LogP contribution in [0.4, 0.5) is 0 Å². The molecule has 2 atom stereocenters. The highest BCUT2D eigenvalue weighted by molar-refractivity contribution is 5.79. The van der Waals surface area contributed by atoms with E-state index in [0.29, 0.717) is 13.0 Å². The summed E-state index contributed by atoms with van der Waals surface area (Å²) in [5.41, 5.74) is 2.48. The van der Waals surface area contributed by atoms with Gasteiger partial charge in [-0.2, -0.15) is 0 Å². The van der Waals surface area contributed by atoms with E-state index >= 15 is 0 Å². The maximum absolute atomic E-state index is 11.9. The third kappa shape index (κ3) is 2.56. The third-order valence-electron chi connectivity index (χ3n) is 3.83. The lowest BCUT2D eigenvalue weighted by Crippen LogP contribution is -2.28. The highest BCUT2D eigenvalue weighted by atomic mass is 16.3. The largest absolute Gasteiger partial charge is 0.396 e. The summed E-state index contributed by atoms with van der Waals surface area (Å²) in [5.74, 6) is 0.260. The Morgan fingerprint density at radius 1 is 1.39 bits per heavy atom. The average molecular weight is 247 g/mol. The van der Waals surface area contributed by atoms with Gasteiger partial charge < -0.3 is 10.0 Å². The number of aliphatic hydroxyl groups excluding tert-OH is 1. The van der Waals surface area contributed by atoms with Crippen LogP contribution in [0, 0.1) is 5.92 Å². The number of aryl methyl sites for hydroxylation is 1. The van der Waals surface area contributed by atoms with Gasteiger partial charge in [0.1, 0.15) is 0 Å². The molecule has 1 saturated heterocycles. The van der Waals surface area contributed by atoms with Crippen LogP contribution in [-0.2, 0) is 11.2 Å². The Morgan fingerprint density at radius 2 is 2.06 bits per heavy atom. The zero-order valence-electron chi connectivity index (χ0n) is 11.1. The summed E-state index contributed by atoms with van der Waals surface area (Å²) in [7, 11) is 0. The van der Waals surface area contributed by atoms with Crippen LogP contribution in [0.2, 0.25) is 0 Å². The Balaban J connectivity index is 2.10. The number of nitrogens with zero attached hydrogens (tertiary/aromatic N) is 1. The molecule has 1 heterocycles. The molecule has 0 saturated carbocycles. The summed E-state index contributed by atoms with van der Waals surface area (Å²) in [5, 5.41) is 9.14. The minimum atomic E-state index is 0.0972. The molecule has 1 aromatic rings. The number of likely N-dealkylation sites (tertiary alicyclic amines) is 1. The molecule has 0 radical (unpaired) electrons. The van der Waals surface area contributed by atoms with Crippen LogP contribution in [0.5, 0.6) is 0 Å². The van der Waals surface area contributed by atoms with E-state index in [2.05, 4.69) is 38.1 Å². The van der Waals surface area contributed by atoms with Crippen molar-refractivity contribution in [2.24, 2.45) is 5.92 Å². The molecule has 2 rings (SSSR count). The van der Waals surface area contributed by atoms with Crippen LogP contribution >= 0.6 is 0 Å². The molecule has 0 aromatic heterocycles. The first-order valence-electron chi connectivity index (χ1n) is 6.64. The quantitative estimate of drug-likeness (QED) is 0.885. The van der Waals surface area contributed by atoms with Gasteiger partial charge in [-0.1, -0.05) is 31.2 Å². The number of benzene rings is 1. The summed E-state index contributed by atoms with van der Waals surface area (Å²) in [6.07, 6.45) is 1.51. The van der Waals surface area contributed by atoms with Crippen molar-refractivity contribution in [3.63, 3.8) is 0 Å². The first kappa shape index (κ1) is 13.1. The molecule has 1 aliphatic rings. The van der Waals surface area contributed by atoms with Gasteiger partial charge >= 0.3 is 0 Å². The van der Waals surface area contributed by atoms with Crippen LogP contribution in [0.1, 0.15) is 37.4 Å². The molecular formula is C15H21NO2. The van der Waals surface area contributed by atoms with Gasteiger partial charge in [0.2, 0.25) is 5.91 Å².